The van der Waals surface area contributed by atoms with Gasteiger partial charge in [-0.3, -0.25) is 0 Å². The highest BCUT2D eigenvalue weighted by Gasteiger charge is 2.22. The van der Waals surface area contributed by atoms with Crippen molar-refractivity contribution in [2.45, 2.75) is 26.4 Å². The van der Waals surface area contributed by atoms with Gasteiger partial charge in [0.15, 0.2) is 0 Å². The summed E-state index contributed by atoms with van der Waals surface area (Å²) in [7, 11) is 0. The van der Waals surface area contributed by atoms with Gasteiger partial charge in [-0.05, 0) is 36.2 Å². The van der Waals surface area contributed by atoms with Crippen LogP contribution >= 0.6 is 0 Å². The van der Waals surface area contributed by atoms with Gasteiger partial charge in [0.05, 0.1) is 5.69 Å². The van der Waals surface area contributed by atoms with E-state index in [-0.39, 0.29) is 13.0 Å². The quantitative estimate of drug-likeness (QED) is 0.669. The Balaban J connectivity index is 2.10. The Kier molecular flexibility index (Phi) is 6.19. The first kappa shape index (κ1) is 17.3. The van der Waals surface area contributed by atoms with Crippen LogP contribution in [-0.4, -0.2) is 12.1 Å². The van der Waals surface area contributed by atoms with Gasteiger partial charge < -0.3 is 15.3 Å². The minimum Gasteiger partial charge on any atom is -0.442 e. The highest BCUT2D eigenvalue weighted by atomic mass is 16.8. The highest BCUT2D eigenvalue weighted by molar-refractivity contribution is 5.88. The maximum atomic E-state index is 12.3. The standard InChI is InChI=1S/C18H20N2O4/c1-2-6-17(21)24-20(16-11-9-15(19)10-12-16)18(22)23-13-14-7-4-3-5-8-14/h3-5,7-12H,2,6,13,19H2,1H3. The van der Waals surface area contributed by atoms with Crippen molar-refractivity contribution in [1.82, 2.24) is 0 Å². The number of nitrogens with two attached hydrogens (primary N) is 1. The summed E-state index contributed by atoms with van der Waals surface area (Å²) in [6.07, 6.45) is 0.0540. The number of carbonyl (C=O) groups excluding carboxylic acids is 2. The van der Waals surface area contributed by atoms with Crippen molar-refractivity contribution in [3.05, 3.63) is 60.2 Å². The zero-order valence-electron chi connectivity index (χ0n) is 13.5. The maximum absolute atomic E-state index is 12.3. The Bertz CT molecular complexity index is 671. The summed E-state index contributed by atoms with van der Waals surface area (Å²) in [5, 5.41) is 0.848. The summed E-state index contributed by atoms with van der Waals surface area (Å²) in [4.78, 5) is 29.3. The zero-order chi connectivity index (χ0) is 17.4. The number of benzene rings is 2. The van der Waals surface area contributed by atoms with E-state index in [0.717, 1.165) is 10.6 Å². The number of carbonyl (C=O) groups is 2. The number of hydrogen-bond donors (Lipinski definition) is 1. The van der Waals surface area contributed by atoms with Gasteiger partial charge in [-0.2, -0.15) is 0 Å². The normalized spacial score (nSPS) is 10.0. The Morgan fingerprint density at radius 1 is 1.04 bits per heavy atom. The van der Waals surface area contributed by atoms with Gasteiger partial charge in [0, 0.05) is 12.1 Å². The largest absolute Gasteiger partial charge is 0.448 e. The van der Waals surface area contributed by atoms with E-state index in [1.165, 1.54) is 0 Å². The molecule has 0 aliphatic heterocycles. The average Bonchev–Trinajstić information content (AvgIpc) is 2.60. The highest BCUT2D eigenvalue weighted by Crippen LogP contribution is 2.19. The third-order valence-electron chi connectivity index (χ3n) is 3.15. The molecule has 0 aromatic heterocycles. The van der Waals surface area contributed by atoms with E-state index in [9.17, 15) is 9.59 Å². The van der Waals surface area contributed by atoms with Crippen LogP contribution < -0.4 is 10.8 Å². The molecule has 1 amide bonds. The fraction of sp³-hybridized carbons (Fsp3) is 0.222. The van der Waals surface area contributed by atoms with Crippen molar-refractivity contribution < 1.29 is 19.2 Å². The zero-order valence-corrected chi connectivity index (χ0v) is 13.5. The van der Waals surface area contributed by atoms with Crippen LogP contribution in [0.3, 0.4) is 0 Å². The smallest absolute Gasteiger partial charge is 0.442 e. The van der Waals surface area contributed by atoms with Gasteiger partial charge in [-0.25, -0.2) is 9.59 Å². The van der Waals surface area contributed by atoms with Gasteiger partial charge in [0.1, 0.15) is 6.61 Å². The lowest BCUT2D eigenvalue weighted by Crippen LogP contribution is -2.34. The minimum atomic E-state index is -0.770. The minimum absolute atomic E-state index is 0.0798. The molecule has 2 rings (SSSR count). The molecule has 0 heterocycles. The molecule has 0 fully saturated rings. The molecule has 0 unspecified atom stereocenters. The molecule has 0 bridgehead atoms. The Morgan fingerprint density at radius 3 is 2.33 bits per heavy atom. The summed E-state index contributed by atoms with van der Waals surface area (Å²) >= 11 is 0. The van der Waals surface area contributed by atoms with E-state index in [0.29, 0.717) is 17.8 Å². The van der Waals surface area contributed by atoms with E-state index < -0.39 is 12.1 Å². The summed E-state index contributed by atoms with van der Waals surface area (Å²) in [6.45, 7) is 1.93. The molecule has 2 aromatic rings. The predicted molar refractivity (Wildman–Crippen MR) is 91.0 cm³/mol. The third kappa shape index (κ3) is 5.01. The van der Waals surface area contributed by atoms with Crippen LogP contribution in [0, 0.1) is 0 Å². The van der Waals surface area contributed by atoms with Crippen molar-refractivity contribution in [3.63, 3.8) is 0 Å². The molecule has 0 spiro atoms. The van der Waals surface area contributed by atoms with Gasteiger partial charge in [-0.15, -0.1) is 5.06 Å². The summed E-state index contributed by atoms with van der Waals surface area (Å²) in [5.41, 5.74) is 7.39. The fourth-order valence-corrected chi connectivity index (χ4v) is 1.93. The molecule has 6 nitrogen and oxygen atoms in total. The van der Waals surface area contributed by atoms with Crippen LogP contribution in [0.25, 0.3) is 0 Å². The van der Waals surface area contributed by atoms with Crippen LogP contribution in [-0.2, 0) is 21.0 Å². The second-order valence-corrected chi connectivity index (χ2v) is 5.14. The number of hydrogen-bond acceptors (Lipinski definition) is 5. The first-order chi connectivity index (χ1) is 11.6. The molecule has 2 N–H and O–H groups in total. The van der Waals surface area contributed by atoms with Crippen molar-refractivity contribution in [2.24, 2.45) is 0 Å². The van der Waals surface area contributed by atoms with Gasteiger partial charge in [0.25, 0.3) is 0 Å². The lowest BCUT2D eigenvalue weighted by atomic mass is 10.2. The summed E-state index contributed by atoms with van der Waals surface area (Å²) in [6, 6.07) is 15.6. The van der Waals surface area contributed by atoms with E-state index in [4.69, 9.17) is 15.3 Å². The Labute approximate surface area is 140 Å². The second-order valence-electron chi connectivity index (χ2n) is 5.14. The number of ether oxygens (including phenoxy) is 1. The van der Waals surface area contributed by atoms with Crippen molar-refractivity contribution >= 4 is 23.4 Å². The average molecular weight is 328 g/mol. The summed E-state index contributed by atoms with van der Waals surface area (Å²) in [5.74, 6) is -0.508. The van der Waals surface area contributed by atoms with E-state index in [2.05, 4.69) is 0 Å². The Hall–Kier alpha value is -3.02. The molecular weight excluding hydrogens is 308 g/mol. The molecule has 24 heavy (non-hydrogen) atoms. The molecule has 0 saturated carbocycles. The maximum Gasteiger partial charge on any atom is 0.448 e. The fourth-order valence-electron chi connectivity index (χ4n) is 1.93. The Morgan fingerprint density at radius 2 is 1.71 bits per heavy atom. The van der Waals surface area contributed by atoms with Crippen LogP contribution in [0.1, 0.15) is 25.3 Å². The molecule has 0 aliphatic rings. The lowest BCUT2D eigenvalue weighted by molar-refractivity contribution is -0.144. The number of nitrogens with zero attached hydrogens (tertiary/aromatic N) is 1. The van der Waals surface area contributed by atoms with Crippen LogP contribution in [0.5, 0.6) is 0 Å². The van der Waals surface area contributed by atoms with Crippen molar-refractivity contribution in [2.75, 3.05) is 10.8 Å². The molecule has 0 aliphatic carbocycles. The molecule has 6 heteroatoms. The molecule has 0 atom stereocenters. The predicted octanol–water partition coefficient (Wildman–Crippen LogP) is 3.67. The lowest BCUT2D eigenvalue weighted by Gasteiger charge is -2.20. The first-order valence-electron chi connectivity index (χ1n) is 7.67. The molecule has 126 valence electrons. The van der Waals surface area contributed by atoms with Crippen LogP contribution in [0.2, 0.25) is 0 Å². The first-order valence-corrected chi connectivity index (χ1v) is 7.67. The van der Waals surface area contributed by atoms with Crippen molar-refractivity contribution in [1.29, 1.82) is 0 Å². The van der Waals surface area contributed by atoms with Gasteiger partial charge >= 0.3 is 12.1 Å². The molecule has 0 radical (unpaired) electrons. The number of rotatable bonds is 5. The molecular formula is C18H20N2O4. The third-order valence-corrected chi connectivity index (χ3v) is 3.15. The second kappa shape index (κ2) is 8.57. The number of anilines is 2. The monoisotopic (exact) mass is 328 g/mol. The summed E-state index contributed by atoms with van der Waals surface area (Å²) < 4.78 is 5.23. The molecule has 2 aromatic carbocycles. The van der Waals surface area contributed by atoms with Crippen molar-refractivity contribution in [3.8, 4) is 0 Å². The number of hydroxylamine groups is 1. The van der Waals surface area contributed by atoms with Gasteiger partial charge in [-0.1, -0.05) is 37.3 Å². The van der Waals surface area contributed by atoms with E-state index in [1.807, 2.05) is 37.3 Å². The van der Waals surface area contributed by atoms with Crippen LogP contribution in [0.4, 0.5) is 16.2 Å². The van der Waals surface area contributed by atoms with E-state index in [1.54, 1.807) is 24.3 Å². The van der Waals surface area contributed by atoms with E-state index >= 15 is 0 Å². The number of nitrogen functional groups attached to an aromatic ring is 1. The molecule has 0 saturated heterocycles. The number of amides is 1. The van der Waals surface area contributed by atoms with Gasteiger partial charge in [0.2, 0.25) is 0 Å². The van der Waals surface area contributed by atoms with Crippen LogP contribution in [0.15, 0.2) is 54.6 Å². The topological polar surface area (TPSA) is 81.9 Å². The SMILES string of the molecule is CCCC(=O)ON(C(=O)OCc1ccccc1)c1ccc(N)cc1.